The number of carbonyl (C=O) groups is 2. The second-order valence-corrected chi connectivity index (χ2v) is 5.03. The molecule has 102 valence electrons. The second kappa shape index (κ2) is 5.67. The zero-order chi connectivity index (χ0) is 13.0. The summed E-state index contributed by atoms with van der Waals surface area (Å²) >= 11 is 0. The Morgan fingerprint density at radius 1 is 1.33 bits per heavy atom. The van der Waals surface area contributed by atoms with Crippen molar-refractivity contribution in [2.24, 2.45) is 5.92 Å². The van der Waals surface area contributed by atoms with Crippen LogP contribution < -0.4 is 10.6 Å². The van der Waals surface area contributed by atoms with E-state index in [1.165, 1.54) is 0 Å². The van der Waals surface area contributed by atoms with Gasteiger partial charge in [0.05, 0.1) is 5.92 Å². The molecule has 2 rings (SSSR count). The molecule has 0 aromatic carbocycles. The minimum Gasteiger partial charge on any atom is -0.480 e. The molecule has 18 heavy (non-hydrogen) atoms. The molecule has 2 aliphatic rings. The Balaban J connectivity index is 1.99. The summed E-state index contributed by atoms with van der Waals surface area (Å²) in [6, 6.07) is 0. The monoisotopic (exact) mass is 256 g/mol. The van der Waals surface area contributed by atoms with Crippen LogP contribution in [0, 0.1) is 5.92 Å². The lowest BCUT2D eigenvalue weighted by Crippen LogP contribution is -2.59. The van der Waals surface area contributed by atoms with Gasteiger partial charge in [0.25, 0.3) is 0 Å². The summed E-state index contributed by atoms with van der Waals surface area (Å²) in [5.74, 6) is -1.22. The van der Waals surface area contributed by atoms with Crippen molar-refractivity contribution in [1.82, 2.24) is 10.6 Å². The Morgan fingerprint density at radius 2 is 2.06 bits per heavy atom. The van der Waals surface area contributed by atoms with Gasteiger partial charge in [-0.2, -0.15) is 0 Å². The van der Waals surface area contributed by atoms with Crippen LogP contribution in [0.4, 0.5) is 0 Å². The van der Waals surface area contributed by atoms with E-state index in [0.29, 0.717) is 32.6 Å². The van der Waals surface area contributed by atoms with E-state index in [4.69, 9.17) is 4.74 Å². The highest BCUT2D eigenvalue weighted by Gasteiger charge is 2.42. The fraction of sp³-hybridized carbons (Fsp3) is 0.833. The van der Waals surface area contributed by atoms with E-state index in [9.17, 15) is 14.7 Å². The first kappa shape index (κ1) is 13.3. The summed E-state index contributed by atoms with van der Waals surface area (Å²) in [5.41, 5.74) is -1.13. The second-order valence-electron chi connectivity index (χ2n) is 5.03. The van der Waals surface area contributed by atoms with Crippen molar-refractivity contribution in [3.8, 4) is 0 Å². The van der Waals surface area contributed by atoms with Gasteiger partial charge in [-0.25, -0.2) is 4.79 Å². The van der Waals surface area contributed by atoms with Crippen molar-refractivity contribution < 1.29 is 19.4 Å². The highest BCUT2D eigenvalue weighted by atomic mass is 16.5. The molecule has 2 aliphatic heterocycles. The van der Waals surface area contributed by atoms with Crippen LogP contribution in [0.1, 0.15) is 25.7 Å². The summed E-state index contributed by atoms with van der Waals surface area (Å²) < 4.78 is 5.17. The predicted octanol–water partition coefficient (Wildman–Crippen LogP) is -0.264. The van der Waals surface area contributed by atoms with E-state index in [-0.39, 0.29) is 11.8 Å². The van der Waals surface area contributed by atoms with E-state index < -0.39 is 11.5 Å². The minimum atomic E-state index is -1.13. The molecule has 0 aliphatic carbocycles. The van der Waals surface area contributed by atoms with Crippen LogP contribution in [0.5, 0.6) is 0 Å². The van der Waals surface area contributed by atoms with Gasteiger partial charge in [-0.1, -0.05) is 0 Å². The number of carboxylic acid groups (broad SMARTS) is 1. The molecule has 0 saturated carbocycles. The van der Waals surface area contributed by atoms with Crippen LogP contribution in [0.3, 0.4) is 0 Å². The van der Waals surface area contributed by atoms with Crippen molar-refractivity contribution in [1.29, 1.82) is 0 Å². The van der Waals surface area contributed by atoms with E-state index in [2.05, 4.69) is 10.6 Å². The third-order valence-corrected chi connectivity index (χ3v) is 3.79. The minimum absolute atomic E-state index is 0.113. The van der Waals surface area contributed by atoms with Gasteiger partial charge < -0.3 is 20.5 Å². The van der Waals surface area contributed by atoms with Crippen molar-refractivity contribution in [2.75, 3.05) is 26.3 Å². The van der Waals surface area contributed by atoms with Crippen molar-refractivity contribution in [3.63, 3.8) is 0 Å². The molecule has 2 saturated heterocycles. The lowest BCUT2D eigenvalue weighted by molar-refractivity contribution is -0.152. The number of amides is 1. The molecule has 2 fully saturated rings. The third kappa shape index (κ3) is 2.81. The van der Waals surface area contributed by atoms with Crippen LogP contribution in [-0.4, -0.2) is 48.8 Å². The lowest BCUT2D eigenvalue weighted by Gasteiger charge is -2.35. The standard InChI is InChI=1S/C12H20N2O4/c15-10(9-2-1-5-13-8-9)14-12(11(16)17)3-6-18-7-4-12/h9,13H,1-8H2,(H,14,15)(H,16,17)/t9-/m0/s1. The quantitative estimate of drug-likeness (QED) is 0.647. The predicted molar refractivity (Wildman–Crippen MR) is 64.2 cm³/mol. The van der Waals surface area contributed by atoms with Crippen LogP contribution in [0.25, 0.3) is 0 Å². The van der Waals surface area contributed by atoms with Crippen LogP contribution >= 0.6 is 0 Å². The van der Waals surface area contributed by atoms with Gasteiger partial charge in [0.15, 0.2) is 0 Å². The lowest BCUT2D eigenvalue weighted by atomic mass is 9.88. The van der Waals surface area contributed by atoms with Gasteiger partial charge >= 0.3 is 5.97 Å². The molecule has 0 unspecified atom stereocenters. The number of rotatable bonds is 3. The number of carbonyl (C=O) groups excluding carboxylic acids is 1. The van der Waals surface area contributed by atoms with Crippen molar-refractivity contribution in [3.05, 3.63) is 0 Å². The van der Waals surface area contributed by atoms with Gasteiger partial charge in [0.1, 0.15) is 5.54 Å². The summed E-state index contributed by atoms with van der Waals surface area (Å²) in [4.78, 5) is 23.5. The smallest absolute Gasteiger partial charge is 0.329 e. The molecule has 6 heteroatoms. The zero-order valence-corrected chi connectivity index (χ0v) is 10.4. The Labute approximate surface area is 106 Å². The first-order valence-corrected chi connectivity index (χ1v) is 6.48. The molecule has 0 spiro atoms. The average molecular weight is 256 g/mol. The Morgan fingerprint density at radius 3 is 2.61 bits per heavy atom. The Bertz CT molecular complexity index is 320. The maximum absolute atomic E-state index is 12.1. The number of hydrogen-bond donors (Lipinski definition) is 3. The largest absolute Gasteiger partial charge is 0.480 e. The van der Waals surface area contributed by atoms with Gasteiger partial charge in [-0.05, 0) is 19.4 Å². The SMILES string of the molecule is O=C(NC1(C(=O)O)CCOCC1)[C@H]1CCCNC1. The molecule has 0 bridgehead atoms. The fourth-order valence-electron chi connectivity index (χ4n) is 2.53. The first-order chi connectivity index (χ1) is 8.64. The zero-order valence-electron chi connectivity index (χ0n) is 10.4. The van der Waals surface area contributed by atoms with E-state index in [1.54, 1.807) is 0 Å². The molecule has 1 amide bonds. The van der Waals surface area contributed by atoms with Gasteiger partial charge in [0.2, 0.25) is 5.91 Å². The normalized spacial score (nSPS) is 27.4. The fourth-order valence-corrected chi connectivity index (χ4v) is 2.53. The molecule has 0 aromatic rings. The number of piperidine rings is 1. The maximum atomic E-state index is 12.1. The van der Waals surface area contributed by atoms with E-state index >= 15 is 0 Å². The van der Waals surface area contributed by atoms with Gasteiger partial charge in [-0.15, -0.1) is 0 Å². The first-order valence-electron chi connectivity index (χ1n) is 6.48. The Kier molecular flexibility index (Phi) is 4.19. The van der Waals surface area contributed by atoms with Crippen LogP contribution in [-0.2, 0) is 14.3 Å². The summed E-state index contributed by atoms with van der Waals surface area (Å²) in [7, 11) is 0. The molecule has 2 heterocycles. The Hall–Kier alpha value is -1.14. The van der Waals surface area contributed by atoms with Crippen molar-refractivity contribution in [2.45, 2.75) is 31.2 Å². The topological polar surface area (TPSA) is 87.7 Å². The average Bonchev–Trinajstić information content (AvgIpc) is 2.40. The highest BCUT2D eigenvalue weighted by Crippen LogP contribution is 2.22. The molecule has 6 nitrogen and oxygen atoms in total. The molecule has 0 radical (unpaired) electrons. The molecule has 1 atom stereocenters. The van der Waals surface area contributed by atoms with Crippen molar-refractivity contribution >= 4 is 11.9 Å². The van der Waals surface area contributed by atoms with Crippen LogP contribution in [0.2, 0.25) is 0 Å². The van der Waals surface area contributed by atoms with Gasteiger partial charge in [0, 0.05) is 32.6 Å². The number of nitrogens with one attached hydrogen (secondary N) is 2. The highest BCUT2D eigenvalue weighted by molar-refractivity contribution is 5.88. The molecular formula is C12H20N2O4. The third-order valence-electron chi connectivity index (χ3n) is 3.79. The summed E-state index contributed by atoms with van der Waals surface area (Å²) in [6.07, 6.45) is 2.47. The molecule has 0 aromatic heterocycles. The summed E-state index contributed by atoms with van der Waals surface area (Å²) in [6.45, 7) is 2.34. The number of carboxylic acids is 1. The number of aliphatic carboxylic acids is 1. The van der Waals surface area contributed by atoms with E-state index in [1.807, 2.05) is 0 Å². The van der Waals surface area contributed by atoms with Crippen LogP contribution in [0.15, 0.2) is 0 Å². The summed E-state index contributed by atoms with van der Waals surface area (Å²) in [5, 5.41) is 15.3. The van der Waals surface area contributed by atoms with E-state index in [0.717, 1.165) is 19.4 Å². The van der Waals surface area contributed by atoms with Gasteiger partial charge in [-0.3, -0.25) is 4.79 Å². The maximum Gasteiger partial charge on any atom is 0.329 e. The molecule has 3 N–H and O–H groups in total. The number of ether oxygens (including phenoxy) is 1. The number of hydrogen-bond acceptors (Lipinski definition) is 4. The molecular weight excluding hydrogens is 236 g/mol.